The number of hydrogen-bond acceptors (Lipinski definition) is 3. The van der Waals surface area contributed by atoms with Gasteiger partial charge in [0.05, 0.1) is 6.54 Å². The Morgan fingerprint density at radius 2 is 2.07 bits per heavy atom. The van der Waals surface area contributed by atoms with Gasteiger partial charge < -0.3 is 5.73 Å². The van der Waals surface area contributed by atoms with E-state index in [1.807, 2.05) is 13.8 Å². The highest BCUT2D eigenvalue weighted by Gasteiger charge is 2.17. The van der Waals surface area contributed by atoms with E-state index in [2.05, 4.69) is 4.72 Å². The van der Waals surface area contributed by atoms with Gasteiger partial charge in [0, 0.05) is 13.6 Å². The number of rotatable bonds is 6. The van der Waals surface area contributed by atoms with Gasteiger partial charge in [-0.15, -0.1) is 0 Å². The summed E-state index contributed by atoms with van der Waals surface area (Å²) >= 11 is 0. The number of hydrogen-bond donors (Lipinski definition) is 3. The standard InChI is InChI=1S/C7H18N4O2S/c1-6(2)4-10-14(12,13)11(3)5-7(8)9/h6,10H,4-5H2,1-3H3,(H3,8,9). The zero-order valence-electron chi connectivity index (χ0n) is 8.74. The average molecular weight is 222 g/mol. The Morgan fingerprint density at radius 3 is 2.43 bits per heavy atom. The Morgan fingerprint density at radius 1 is 1.57 bits per heavy atom. The molecule has 0 fully saturated rings. The molecule has 0 rings (SSSR count). The quantitative estimate of drug-likeness (QED) is 0.411. The second kappa shape index (κ2) is 5.28. The summed E-state index contributed by atoms with van der Waals surface area (Å²) in [5, 5.41) is 6.97. The number of nitrogens with two attached hydrogens (primary N) is 1. The summed E-state index contributed by atoms with van der Waals surface area (Å²) in [5.74, 6) is 0.0675. The van der Waals surface area contributed by atoms with Crippen molar-refractivity contribution in [1.29, 1.82) is 5.41 Å². The molecule has 6 nitrogen and oxygen atoms in total. The second-order valence-electron chi connectivity index (χ2n) is 3.53. The Balaban J connectivity index is 4.24. The van der Waals surface area contributed by atoms with Crippen LogP contribution in [0.4, 0.5) is 0 Å². The summed E-state index contributed by atoms with van der Waals surface area (Å²) in [4.78, 5) is 0. The van der Waals surface area contributed by atoms with Gasteiger partial charge in [-0.25, -0.2) is 4.72 Å². The van der Waals surface area contributed by atoms with Crippen molar-refractivity contribution in [1.82, 2.24) is 9.03 Å². The van der Waals surface area contributed by atoms with Crippen LogP contribution in [0.15, 0.2) is 0 Å². The summed E-state index contributed by atoms with van der Waals surface area (Å²) in [6.07, 6.45) is 0. The van der Waals surface area contributed by atoms with Crippen LogP contribution in [0.25, 0.3) is 0 Å². The van der Waals surface area contributed by atoms with Crippen LogP contribution >= 0.6 is 0 Å². The van der Waals surface area contributed by atoms with Crippen molar-refractivity contribution in [3.63, 3.8) is 0 Å². The van der Waals surface area contributed by atoms with Gasteiger partial charge in [0.25, 0.3) is 10.2 Å². The fourth-order valence-corrected chi connectivity index (χ4v) is 1.78. The fourth-order valence-electron chi connectivity index (χ4n) is 0.707. The Kier molecular flexibility index (Phi) is 5.03. The van der Waals surface area contributed by atoms with E-state index in [9.17, 15) is 8.42 Å². The smallest absolute Gasteiger partial charge is 0.279 e. The molecule has 0 amide bonds. The van der Waals surface area contributed by atoms with Crippen LogP contribution in [0.5, 0.6) is 0 Å². The van der Waals surface area contributed by atoms with Crippen molar-refractivity contribution in [3.05, 3.63) is 0 Å². The van der Waals surface area contributed by atoms with Gasteiger partial charge in [0.1, 0.15) is 5.84 Å². The lowest BCUT2D eigenvalue weighted by atomic mass is 10.2. The lowest BCUT2D eigenvalue weighted by Gasteiger charge is -2.17. The lowest BCUT2D eigenvalue weighted by Crippen LogP contribution is -2.43. The van der Waals surface area contributed by atoms with Crippen LogP contribution in [0, 0.1) is 11.3 Å². The fraction of sp³-hybridized carbons (Fsp3) is 0.857. The van der Waals surface area contributed by atoms with E-state index in [0.29, 0.717) is 6.54 Å². The summed E-state index contributed by atoms with van der Waals surface area (Å²) in [6.45, 7) is 4.11. The first-order chi connectivity index (χ1) is 6.25. The third kappa shape index (κ3) is 5.15. The minimum absolute atomic E-state index is 0.0899. The highest BCUT2D eigenvalue weighted by molar-refractivity contribution is 7.87. The van der Waals surface area contributed by atoms with Gasteiger partial charge in [0.2, 0.25) is 0 Å². The lowest BCUT2D eigenvalue weighted by molar-refractivity contribution is 0.481. The molecule has 0 spiro atoms. The van der Waals surface area contributed by atoms with E-state index in [1.165, 1.54) is 7.05 Å². The van der Waals surface area contributed by atoms with E-state index in [1.54, 1.807) is 0 Å². The Labute approximate surface area is 85.2 Å². The van der Waals surface area contributed by atoms with Crippen LogP contribution in [0.1, 0.15) is 13.8 Å². The molecule has 0 aromatic heterocycles. The third-order valence-corrected chi connectivity index (χ3v) is 2.96. The molecule has 4 N–H and O–H groups in total. The Hall–Kier alpha value is -0.660. The molecule has 0 unspecified atom stereocenters. The summed E-state index contributed by atoms with van der Waals surface area (Å²) in [7, 11) is -2.11. The third-order valence-electron chi connectivity index (χ3n) is 1.48. The molecule has 0 aliphatic rings. The zero-order valence-corrected chi connectivity index (χ0v) is 9.56. The molecule has 0 aromatic carbocycles. The molecule has 0 aromatic rings. The summed E-state index contributed by atoms with van der Waals surface area (Å²) in [6, 6.07) is 0. The highest BCUT2D eigenvalue weighted by atomic mass is 32.2. The molecule has 7 heteroatoms. The number of amidine groups is 1. The average Bonchev–Trinajstić information content (AvgIpc) is 1.99. The van der Waals surface area contributed by atoms with Gasteiger partial charge >= 0.3 is 0 Å². The number of likely N-dealkylation sites (N-methyl/N-ethyl adjacent to an activating group) is 1. The van der Waals surface area contributed by atoms with E-state index in [4.69, 9.17) is 11.1 Å². The monoisotopic (exact) mass is 222 g/mol. The first-order valence-corrected chi connectivity index (χ1v) is 5.73. The molecule has 0 saturated heterocycles. The molecule has 0 bridgehead atoms. The van der Waals surface area contributed by atoms with Gasteiger partial charge in [-0.3, -0.25) is 5.41 Å². The van der Waals surface area contributed by atoms with Gasteiger partial charge in [-0.1, -0.05) is 13.8 Å². The summed E-state index contributed by atoms with van der Waals surface area (Å²) in [5.41, 5.74) is 5.10. The van der Waals surface area contributed by atoms with Crippen molar-refractivity contribution >= 4 is 16.0 Å². The molecule has 0 radical (unpaired) electrons. The van der Waals surface area contributed by atoms with E-state index in [-0.39, 0.29) is 18.3 Å². The highest BCUT2D eigenvalue weighted by Crippen LogP contribution is 1.95. The van der Waals surface area contributed by atoms with Crippen LogP contribution in [0.3, 0.4) is 0 Å². The largest absolute Gasteiger partial charge is 0.387 e. The second-order valence-corrected chi connectivity index (χ2v) is 5.39. The molecule has 0 heterocycles. The normalized spacial score (nSPS) is 12.4. The molecular formula is C7H18N4O2S. The van der Waals surface area contributed by atoms with Crippen LogP contribution in [-0.4, -0.2) is 38.7 Å². The minimum Gasteiger partial charge on any atom is -0.387 e. The molecule has 0 saturated carbocycles. The molecule has 0 aliphatic heterocycles. The Bertz CT molecular complexity index is 286. The van der Waals surface area contributed by atoms with Crippen molar-refractivity contribution in [2.24, 2.45) is 11.7 Å². The topological polar surface area (TPSA) is 99.3 Å². The number of nitrogens with zero attached hydrogens (tertiary/aromatic N) is 1. The predicted molar refractivity (Wildman–Crippen MR) is 56.3 cm³/mol. The SMILES string of the molecule is CC(C)CNS(=O)(=O)N(C)CC(=N)N. The maximum atomic E-state index is 11.4. The molecule has 0 atom stereocenters. The summed E-state index contributed by atoms with van der Waals surface area (Å²) < 4.78 is 26.3. The number of nitrogens with one attached hydrogen (secondary N) is 2. The van der Waals surface area contributed by atoms with E-state index in [0.717, 1.165) is 4.31 Å². The van der Waals surface area contributed by atoms with Gasteiger partial charge in [-0.2, -0.15) is 12.7 Å². The van der Waals surface area contributed by atoms with E-state index >= 15 is 0 Å². The maximum Gasteiger partial charge on any atom is 0.279 e. The maximum absolute atomic E-state index is 11.4. The van der Waals surface area contributed by atoms with E-state index < -0.39 is 10.2 Å². The molecular weight excluding hydrogens is 204 g/mol. The van der Waals surface area contributed by atoms with Crippen LogP contribution in [0.2, 0.25) is 0 Å². The van der Waals surface area contributed by atoms with Crippen LogP contribution < -0.4 is 10.5 Å². The first-order valence-electron chi connectivity index (χ1n) is 4.29. The van der Waals surface area contributed by atoms with Gasteiger partial charge in [0.15, 0.2) is 0 Å². The van der Waals surface area contributed by atoms with Crippen molar-refractivity contribution in [2.75, 3.05) is 20.1 Å². The molecule has 0 aliphatic carbocycles. The zero-order chi connectivity index (χ0) is 11.4. The van der Waals surface area contributed by atoms with Crippen molar-refractivity contribution < 1.29 is 8.42 Å². The predicted octanol–water partition coefficient (Wildman–Crippen LogP) is -0.655. The molecule has 84 valence electrons. The van der Waals surface area contributed by atoms with Crippen molar-refractivity contribution in [2.45, 2.75) is 13.8 Å². The van der Waals surface area contributed by atoms with Gasteiger partial charge in [-0.05, 0) is 5.92 Å². The van der Waals surface area contributed by atoms with Crippen LogP contribution in [-0.2, 0) is 10.2 Å². The molecule has 14 heavy (non-hydrogen) atoms. The van der Waals surface area contributed by atoms with Crippen molar-refractivity contribution in [3.8, 4) is 0 Å². The minimum atomic E-state index is -3.49. The first kappa shape index (κ1) is 13.3.